The molecule has 8 heteroatoms. The number of hydrogen-bond acceptors (Lipinski definition) is 8. The van der Waals surface area contributed by atoms with Crippen molar-refractivity contribution >= 4 is 24.1 Å². The Morgan fingerprint density at radius 2 is 0.971 bits per heavy atom. The minimum Gasteiger partial charge on any atom is -0.493 e. The van der Waals surface area contributed by atoms with Gasteiger partial charge in [-0.15, -0.1) is 0 Å². The molecule has 0 aliphatic heterocycles. The van der Waals surface area contributed by atoms with E-state index in [1.165, 1.54) is 12.2 Å². The molecule has 0 bridgehead atoms. The van der Waals surface area contributed by atoms with Crippen molar-refractivity contribution in [1.82, 2.24) is 0 Å². The van der Waals surface area contributed by atoms with Gasteiger partial charge in [-0.05, 0) is 61.4 Å². The molecule has 0 saturated heterocycles. The van der Waals surface area contributed by atoms with Crippen LogP contribution in [0.15, 0.2) is 48.6 Å². The van der Waals surface area contributed by atoms with E-state index in [9.17, 15) is 9.59 Å². The molecule has 8 nitrogen and oxygen atoms in total. The molecule has 2 aromatic rings. The fourth-order valence-corrected chi connectivity index (χ4v) is 2.62. The highest BCUT2D eigenvalue weighted by molar-refractivity contribution is 5.87. The monoisotopic (exact) mass is 472 g/mol. The van der Waals surface area contributed by atoms with Crippen LogP contribution in [-0.4, -0.2) is 53.6 Å². The van der Waals surface area contributed by atoms with E-state index < -0.39 is 0 Å². The Morgan fingerprint density at radius 3 is 1.26 bits per heavy atom. The topological polar surface area (TPSA) is 89.5 Å². The average molecular weight is 473 g/mol. The Balaban J connectivity index is 0.000000340. The zero-order chi connectivity index (χ0) is 25.3. The zero-order valence-electron chi connectivity index (χ0n) is 20.5. The third-order valence-corrected chi connectivity index (χ3v) is 4.21. The molecule has 34 heavy (non-hydrogen) atoms. The second-order valence-corrected chi connectivity index (χ2v) is 6.40. The fraction of sp³-hybridized carbons (Fsp3) is 0.308. The SMILES string of the molecule is CCOC(=O)C=Cc1ccc(OC)c(OC)c1.CCOC(=O)C=Cc1ccc(OC)c(OC)c1. The molecule has 0 atom stereocenters. The maximum absolute atomic E-state index is 11.1. The third kappa shape index (κ3) is 9.68. The third-order valence-electron chi connectivity index (χ3n) is 4.21. The van der Waals surface area contributed by atoms with Gasteiger partial charge in [0.15, 0.2) is 23.0 Å². The van der Waals surface area contributed by atoms with Crippen LogP contribution in [0, 0.1) is 0 Å². The first-order valence-corrected chi connectivity index (χ1v) is 10.6. The second-order valence-electron chi connectivity index (χ2n) is 6.40. The van der Waals surface area contributed by atoms with Crippen molar-refractivity contribution in [2.75, 3.05) is 41.7 Å². The first-order valence-electron chi connectivity index (χ1n) is 10.6. The Labute approximate surface area is 200 Å². The van der Waals surface area contributed by atoms with E-state index >= 15 is 0 Å². The number of esters is 2. The van der Waals surface area contributed by atoms with Crippen LogP contribution in [0.5, 0.6) is 23.0 Å². The van der Waals surface area contributed by atoms with Gasteiger partial charge in [-0.25, -0.2) is 9.59 Å². The summed E-state index contributed by atoms with van der Waals surface area (Å²) in [4.78, 5) is 22.3. The normalized spacial score (nSPS) is 10.3. The number of hydrogen-bond donors (Lipinski definition) is 0. The molecule has 0 aliphatic rings. The number of carbonyl (C=O) groups is 2. The Kier molecular flexibility index (Phi) is 13.1. The van der Waals surface area contributed by atoms with E-state index in [-0.39, 0.29) is 11.9 Å². The van der Waals surface area contributed by atoms with Crippen LogP contribution < -0.4 is 18.9 Å². The highest BCUT2D eigenvalue weighted by Crippen LogP contribution is 2.28. The highest BCUT2D eigenvalue weighted by Gasteiger charge is 2.04. The molecular formula is C26H32O8. The number of rotatable bonds is 10. The lowest BCUT2D eigenvalue weighted by atomic mass is 10.2. The summed E-state index contributed by atoms with van der Waals surface area (Å²) in [6.07, 6.45) is 6.09. The first-order chi connectivity index (χ1) is 16.4. The Bertz CT molecular complexity index is 899. The van der Waals surface area contributed by atoms with Gasteiger partial charge in [0.25, 0.3) is 0 Å². The molecule has 0 N–H and O–H groups in total. The van der Waals surface area contributed by atoms with Crippen LogP contribution in [-0.2, 0) is 19.1 Å². The van der Waals surface area contributed by atoms with Gasteiger partial charge in [0, 0.05) is 12.2 Å². The van der Waals surface area contributed by atoms with E-state index in [1.807, 2.05) is 12.1 Å². The molecule has 184 valence electrons. The number of ether oxygens (including phenoxy) is 6. The Morgan fingerprint density at radius 1 is 0.618 bits per heavy atom. The molecule has 2 rings (SSSR count). The predicted octanol–water partition coefficient (Wildman–Crippen LogP) is 4.56. The van der Waals surface area contributed by atoms with E-state index in [1.54, 1.807) is 78.7 Å². The van der Waals surface area contributed by atoms with Crippen molar-refractivity contribution < 1.29 is 38.0 Å². The summed E-state index contributed by atoms with van der Waals surface area (Å²) in [5.74, 6) is 1.84. The summed E-state index contributed by atoms with van der Waals surface area (Å²) < 4.78 is 30.1. The van der Waals surface area contributed by atoms with E-state index in [4.69, 9.17) is 28.4 Å². The summed E-state index contributed by atoms with van der Waals surface area (Å²) in [5.41, 5.74) is 1.69. The maximum atomic E-state index is 11.1. The zero-order valence-corrected chi connectivity index (χ0v) is 20.5. The van der Waals surface area contributed by atoms with Gasteiger partial charge in [0.05, 0.1) is 41.7 Å². The smallest absolute Gasteiger partial charge is 0.330 e. The van der Waals surface area contributed by atoms with Crippen molar-refractivity contribution in [3.8, 4) is 23.0 Å². The van der Waals surface area contributed by atoms with E-state index in [2.05, 4.69) is 0 Å². The van der Waals surface area contributed by atoms with Crippen LogP contribution in [0.4, 0.5) is 0 Å². The molecule has 0 aromatic heterocycles. The predicted molar refractivity (Wildman–Crippen MR) is 130 cm³/mol. The lowest BCUT2D eigenvalue weighted by molar-refractivity contribution is -0.138. The fourth-order valence-electron chi connectivity index (χ4n) is 2.62. The quantitative estimate of drug-likeness (QED) is 0.367. The summed E-state index contributed by atoms with van der Waals surface area (Å²) in [5, 5.41) is 0. The first kappa shape index (κ1) is 28.1. The molecule has 0 radical (unpaired) electrons. The van der Waals surface area contributed by atoms with Gasteiger partial charge >= 0.3 is 11.9 Å². The Hall–Kier alpha value is -3.94. The summed E-state index contributed by atoms with van der Waals surface area (Å²) in [6, 6.07) is 10.8. The molecule has 0 heterocycles. The molecule has 0 fully saturated rings. The lowest BCUT2D eigenvalue weighted by Gasteiger charge is -2.07. The van der Waals surface area contributed by atoms with Crippen LogP contribution in [0.1, 0.15) is 25.0 Å². The largest absolute Gasteiger partial charge is 0.493 e. The minimum atomic E-state index is -0.359. The maximum Gasteiger partial charge on any atom is 0.330 e. The molecular weight excluding hydrogens is 440 g/mol. The second kappa shape index (κ2) is 15.8. The van der Waals surface area contributed by atoms with Crippen molar-refractivity contribution in [2.24, 2.45) is 0 Å². The molecule has 0 unspecified atom stereocenters. The van der Waals surface area contributed by atoms with Crippen LogP contribution in [0.2, 0.25) is 0 Å². The van der Waals surface area contributed by atoms with Crippen LogP contribution in [0.25, 0.3) is 12.2 Å². The van der Waals surface area contributed by atoms with Crippen molar-refractivity contribution in [2.45, 2.75) is 13.8 Å². The lowest BCUT2D eigenvalue weighted by Crippen LogP contribution is -1.98. The van der Waals surface area contributed by atoms with E-state index in [0.717, 1.165) is 11.1 Å². The number of methoxy groups -OCH3 is 4. The van der Waals surface area contributed by atoms with Gasteiger partial charge in [-0.3, -0.25) is 0 Å². The van der Waals surface area contributed by atoms with Crippen molar-refractivity contribution in [1.29, 1.82) is 0 Å². The number of carbonyl (C=O) groups excluding carboxylic acids is 2. The molecule has 0 aliphatic carbocycles. The molecule has 0 saturated carbocycles. The molecule has 0 spiro atoms. The summed E-state index contributed by atoms with van der Waals surface area (Å²) in [7, 11) is 6.28. The summed E-state index contributed by atoms with van der Waals surface area (Å²) >= 11 is 0. The van der Waals surface area contributed by atoms with Crippen LogP contribution in [0.3, 0.4) is 0 Å². The summed E-state index contributed by atoms with van der Waals surface area (Å²) in [6.45, 7) is 4.27. The molecule has 0 amide bonds. The van der Waals surface area contributed by atoms with Gasteiger partial charge in [-0.1, -0.05) is 12.1 Å². The minimum absolute atomic E-state index is 0.359. The van der Waals surface area contributed by atoms with Gasteiger partial charge in [0.2, 0.25) is 0 Å². The molecule has 2 aromatic carbocycles. The van der Waals surface area contributed by atoms with Gasteiger partial charge < -0.3 is 28.4 Å². The van der Waals surface area contributed by atoms with Crippen molar-refractivity contribution in [3.63, 3.8) is 0 Å². The van der Waals surface area contributed by atoms with Crippen molar-refractivity contribution in [3.05, 3.63) is 59.7 Å². The number of benzene rings is 2. The van der Waals surface area contributed by atoms with Gasteiger partial charge in [0.1, 0.15) is 0 Å². The average Bonchev–Trinajstić information content (AvgIpc) is 2.86. The standard InChI is InChI=1S/2C13H16O4/c2*1-4-17-13(14)8-6-10-5-7-11(15-2)12(9-10)16-3/h2*5-9H,4H2,1-3H3. The van der Waals surface area contributed by atoms with Crippen LogP contribution >= 0.6 is 0 Å². The van der Waals surface area contributed by atoms with E-state index in [0.29, 0.717) is 36.2 Å². The van der Waals surface area contributed by atoms with Gasteiger partial charge in [-0.2, -0.15) is 0 Å². The highest BCUT2D eigenvalue weighted by atomic mass is 16.5.